The van der Waals surface area contributed by atoms with Crippen LogP contribution in [-0.2, 0) is 13.3 Å². The minimum Gasteiger partial charge on any atom is -0.483 e. The molecule has 0 heterocycles. The second-order valence-electron chi connectivity index (χ2n) is 4.07. The molecule has 0 aliphatic rings. The molecule has 0 N–H and O–H groups in total. The molecule has 0 saturated carbocycles. The van der Waals surface area contributed by atoms with Crippen LogP contribution in [0.4, 0.5) is 17.6 Å². The van der Waals surface area contributed by atoms with Crippen molar-refractivity contribution in [3.05, 3.63) is 29.3 Å². The predicted molar refractivity (Wildman–Crippen MR) is 72.4 cm³/mol. The van der Waals surface area contributed by atoms with Gasteiger partial charge in [-0.15, -0.1) is 0 Å². The molecule has 0 aromatic heterocycles. The first-order chi connectivity index (χ1) is 10.4. The summed E-state index contributed by atoms with van der Waals surface area (Å²) in [6.45, 7) is 5.71. The van der Waals surface area contributed by atoms with Gasteiger partial charge in [0.1, 0.15) is 0 Å². The SMILES string of the molecule is CCO[Si](COc1c(F)c(F)cc(F)c1F)(OCC)OCC. The Hall–Kier alpha value is -1.16. The zero-order valence-electron chi connectivity index (χ0n) is 12.6. The van der Waals surface area contributed by atoms with Crippen molar-refractivity contribution in [2.75, 3.05) is 26.1 Å². The number of hydrogen-bond acceptors (Lipinski definition) is 4. The van der Waals surface area contributed by atoms with Gasteiger partial charge in [0.2, 0.25) is 11.6 Å². The Balaban J connectivity index is 3.02. The van der Waals surface area contributed by atoms with E-state index in [0.717, 1.165) is 0 Å². The lowest BCUT2D eigenvalue weighted by Crippen LogP contribution is -2.52. The number of ether oxygens (including phenoxy) is 1. The molecule has 126 valence electrons. The zero-order valence-corrected chi connectivity index (χ0v) is 13.6. The Morgan fingerprint density at radius 2 is 1.23 bits per heavy atom. The van der Waals surface area contributed by atoms with Crippen molar-refractivity contribution in [2.24, 2.45) is 0 Å². The second-order valence-corrected chi connectivity index (χ2v) is 6.59. The molecule has 0 spiro atoms. The first kappa shape index (κ1) is 18.9. The first-order valence-electron chi connectivity index (χ1n) is 6.78. The van der Waals surface area contributed by atoms with E-state index in [-0.39, 0.29) is 25.9 Å². The standard InChI is InChI=1S/C13H18F4O4Si/c1-4-19-22(20-5-2,21-6-3)8-18-13-11(16)9(14)7-10(15)12(13)17/h7H,4-6,8H2,1-3H3. The fraction of sp³-hybridized carbons (Fsp3) is 0.538. The fourth-order valence-corrected chi connectivity index (χ4v) is 3.89. The van der Waals surface area contributed by atoms with Crippen molar-refractivity contribution in [2.45, 2.75) is 20.8 Å². The summed E-state index contributed by atoms with van der Waals surface area (Å²) in [6, 6.07) is 0.107. The minimum absolute atomic E-state index is 0.107. The predicted octanol–water partition coefficient (Wildman–Crippen LogP) is 3.21. The van der Waals surface area contributed by atoms with E-state index in [1.54, 1.807) is 20.8 Å². The third-order valence-corrected chi connectivity index (χ3v) is 5.24. The monoisotopic (exact) mass is 342 g/mol. The van der Waals surface area contributed by atoms with Gasteiger partial charge >= 0.3 is 8.80 Å². The van der Waals surface area contributed by atoms with Crippen LogP contribution in [-0.4, -0.2) is 34.9 Å². The fourth-order valence-electron chi connectivity index (χ4n) is 1.75. The molecule has 0 saturated heterocycles. The topological polar surface area (TPSA) is 36.9 Å². The molecule has 9 heteroatoms. The van der Waals surface area contributed by atoms with Crippen LogP contribution < -0.4 is 4.74 Å². The molecule has 0 radical (unpaired) electrons. The molecular weight excluding hydrogens is 324 g/mol. The zero-order chi connectivity index (χ0) is 16.8. The molecule has 0 atom stereocenters. The molecule has 0 amide bonds. The lowest BCUT2D eigenvalue weighted by molar-refractivity contribution is 0.0527. The molecule has 1 rings (SSSR count). The van der Waals surface area contributed by atoms with Gasteiger partial charge < -0.3 is 18.0 Å². The summed E-state index contributed by atoms with van der Waals surface area (Å²) in [5.41, 5.74) is 0. The average Bonchev–Trinajstić information content (AvgIpc) is 2.46. The summed E-state index contributed by atoms with van der Waals surface area (Å²) < 4.78 is 74.5. The van der Waals surface area contributed by atoms with E-state index in [4.69, 9.17) is 18.0 Å². The number of hydrogen-bond donors (Lipinski definition) is 0. The molecule has 0 bridgehead atoms. The lowest BCUT2D eigenvalue weighted by Gasteiger charge is -2.28. The van der Waals surface area contributed by atoms with Gasteiger partial charge in [0.15, 0.2) is 23.6 Å². The van der Waals surface area contributed by atoms with Crippen LogP contribution in [0, 0.1) is 23.3 Å². The van der Waals surface area contributed by atoms with Crippen molar-refractivity contribution in [3.63, 3.8) is 0 Å². The van der Waals surface area contributed by atoms with E-state index in [0.29, 0.717) is 0 Å². The van der Waals surface area contributed by atoms with E-state index >= 15 is 0 Å². The van der Waals surface area contributed by atoms with Crippen LogP contribution in [0.3, 0.4) is 0 Å². The van der Waals surface area contributed by atoms with Gasteiger partial charge in [-0.3, -0.25) is 0 Å². The highest BCUT2D eigenvalue weighted by Crippen LogP contribution is 2.27. The van der Waals surface area contributed by atoms with Crippen molar-refractivity contribution < 1.29 is 35.6 Å². The van der Waals surface area contributed by atoms with Crippen LogP contribution in [0.2, 0.25) is 0 Å². The van der Waals surface area contributed by atoms with E-state index in [1.807, 2.05) is 0 Å². The summed E-state index contributed by atoms with van der Waals surface area (Å²) in [5.74, 6) is -7.50. The van der Waals surface area contributed by atoms with Gasteiger partial charge in [-0.05, 0) is 20.8 Å². The number of halogens is 4. The van der Waals surface area contributed by atoms with Crippen molar-refractivity contribution in [1.29, 1.82) is 0 Å². The lowest BCUT2D eigenvalue weighted by atomic mass is 10.3. The molecule has 0 aliphatic heterocycles. The smallest absolute Gasteiger partial charge is 0.483 e. The van der Waals surface area contributed by atoms with Crippen LogP contribution in [0.5, 0.6) is 5.75 Å². The molecule has 4 nitrogen and oxygen atoms in total. The molecule has 1 aromatic carbocycles. The van der Waals surface area contributed by atoms with E-state index in [9.17, 15) is 17.6 Å². The summed E-state index contributed by atoms with van der Waals surface area (Å²) in [4.78, 5) is 0. The number of benzene rings is 1. The maximum absolute atomic E-state index is 13.6. The first-order valence-corrected chi connectivity index (χ1v) is 8.71. The molecule has 0 aliphatic carbocycles. The van der Waals surface area contributed by atoms with Gasteiger partial charge in [0.25, 0.3) is 0 Å². The maximum Gasteiger partial charge on any atom is 0.540 e. The van der Waals surface area contributed by atoms with Gasteiger partial charge in [-0.1, -0.05) is 0 Å². The molecule has 0 fully saturated rings. The average molecular weight is 342 g/mol. The third-order valence-electron chi connectivity index (χ3n) is 2.56. The molecular formula is C13H18F4O4Si. The van der Waals surface area contributed by atoms with Crippen LogP contribution in [0.1, 0.15) is 20.8 Å². The highest BCUT2D eigenvalue weighted by molar-refractivity contribution is 6.60. The normalized spacial score (nSPS) is 11.8. The van der Waals surface area contributed by atoms with E-state index in [1.165, 1.54) is 0 Å². The Morgan fingerprint density at radius 3 is 1.59 bits per heavy atom. The van der Waals surface area contributed by atoms with E-state index < -0.39 is 44.1 Å². The Morgan fingerprint density at radius 1 is 0.818 bits per heavy atom. The summed E-state index contributed by atoms with van der Waals surface area (Å²) in [7, 11) is -3.36. The molecule has 0 unspecified atom stereocenters. The van der Waals surface area contributed by atoms with Gasteiger partial charge in [-0.25, -0.2) is 8.78 Å². The number of rotatable bonds is 9. The highest BCUT2D eigenvalue weighted by atomic mass is 28.4. The van der Waals surface area contributed by atoms with Crippen LogP contribution in [0.25, 0.3) is 0 Å². The van der Waals surface area contributed by atoms with Crippen molar-refractivity contribution in [3.8, 4) is 5.75 Å². The molecule has 1 aromatic rings. The summed E-state index contributed by atoms with van der Waals surface area (Å²) in [5, 5.41) is 0. The summed E-state index contributed by atoms with van der Waals surface area (Å²) >= 11 is 0. The maximum atomic E-state index is 13.6. The van der Waals surface area contributed by atoms with Crippen LogP contribution >= 0.6 is 0 Å². The van der Waals surface area contributed by atoms with E-state index in [2.05, 4.69) is 0 Å². The third kappa shape index (κ3) is 4.42. The quantitative estimate of drug-likeness (QED) is 0.392. The minimum atomic E-state index is -3.36. The van der Waals surface area contributed by atoms with Gasteiger partial charge in [0.05, 0.1) is 0 Å². The largest absolute Gasteiger partial charge is 0.540 e. The Bertz CT molecular complexity index is 458. The van der Waals surface area contributed by atoms with Gasteiger partial charge in [-0.2, -0.15) is 8.78 Å². The summed E-state index contributed by atoms with van der Waals surface area (Å²) in [6.07, 6.45) is -0.473. The Labute approximate surface area is 127 Å². The van der Waals surface area contributed by atoms with Crippen LogP contribution in [0.15, 0.2) is 6.07 Å². The Kier molecular flexibility index (Phi) is 7.27. The molecule has 22 heavy (non-hydrogen) atoms. The second kappa shape index (κ2) is 8.46. The van der Waals surface area contributed by atoms with Gasteiger partial charge in [0, 0.05) is 25.9 Å². The van der Waals surface area contributed by atoms with Crippen molar-refractivity contribution >= 4 is 8.80 Å². The highest BCUT2D eigenvalue weighted by Gasteiger charge is 2.43. The van der Waals surface area contributed by atoms with Crippen molar-refractivity contribution in [1.82, 2.24) is 0 Å².